The average molecular weight is 263 g/mol. The fourth-order valence-electron chi connectivity index (χ4n) is 1.70. The summed E-state index contributed by atoms with van der Waals surface area (Å²) in [5, 5.41) is 7.41. The van der Waals surface area contributed by atoms with E-state index in [1.165, 1.54) is 6.07 Å². The van der Waals surface area contributed by atoms with Gasteiger partial charge in [-0.25, -0.2) is 4.39 Å². The Labute approximate surface area is 112 Å². The molecule has 5 heteroatoms. The minimum atomic E-state index is -0.325. The second-order valence-corrected chi connectivity index (χ2v) is 4.31. The number of hydrogen-bond acceptors (Lipinski definition) is 3. The van der Waals surface area contributed by atoms with E-state index in [2.05, 4.69) is 10.4 Å². The summed E-state index contributed by atoms with van der Waals surface area (Å²) in [7, 11) is 0. The SMILES string of the molecule is Cc1cnn(CCNCCOc2ccccc2F)c1. The third kappa shape index (κ3) is 4.37. The van der Waals surface area contributed by atoms with Crippen molar-refractivity contribution < 1.29 is 9.13 Å². The molecule has 1 aromatic carbocycles. The zero-order chi connectivity index (χ0) is 13.5. The number of nitrogens with one attached hydrogen (secondary N) is 1. The number of aromatic nitrogens is 2. The highest BCUT2D eigenvalue weighted by molar-refractivity contribution is 5.23. The third-order valence-electron chi connectivity index (χ3n) is 2.65. The summed E-state index contributed by atoms with van der Waals surface area (Å²) in [5.74, 6) is -0.0264. The minimum absolute atomic E-state index is 0.298. The molecule has 0 aliphatic heterocycles. The molecule has 0 saturated carbocycles. The summed E-state index contributed by atoms with van der Waals surface area (Å²) in [6.45, 7) is 4.75. The molecule has 2 rings (SSSR count). The van der Waals surface area contributed by atoms with Crippen LogP contribution in [-0.4, -0.2) is 29.5 Å². The molecule has 0 fully saturated rings. The summed E-state index contributed by atoms with van der Waals surface area (Å²) in [4.78, 5) is 0. The van der Waals surface area contributed by atoms with E-state index >= 15 is 0 Å². The molecule has 0 bridgehead atoms. The Morgan fingerprint density at radius 1 is 1.32 bits per heavy atom. The maximum absolute atomic E-state index is 13.2. The molecule has 0 aliphatic carbocycles. The van der Waals surface area contributed by atoms with Crippen molar-refractivity contribution in [2.24, 2.45) is 0 Å². The van der Waals surface area contributed by atoms with E-state index in [4.69, 9.17) is 4.74 Å². The van der Waals surface area contributed by atoms with Gasteiger partial charge in [-0.05, 0) is 24.6 Å². The van der Waals surface area contributed by atoms with Gasteiger partial charge in [0.15, 0.2) is 11.6 Å². The minimum Gasteiger partial charge on any atom is -0.489 e. The Hall–Kier alpha value is -1.88. The first kappa shape index (κ1) is 13.5. The van der Waals surface area contributed by atoms with Gasteiger partial charge in [0.25, 0.3) is 0 Å². The summed E-state index contributed by atoms with van der Waals surface area (Å²) >= 11 is 0. The van der Waals surface area contributed by atoms with Crippen molar-refractivity contribution in [3.63, 3.8) is 0 Å². The van der Waals surface area contributed by atoms with Gasteiger partial charge < -0.3 is 10.1 Å². The highest BCUT2D eigenvalue weighted by Crippen LogP contribution is 2.14. The molecule has 1 aromatic heterocycles. The Morgan fingerprint density at radius 3 is 2.89 bits per heavy atom. The summed E-state index contributed by atoms with van der Waals surface area (Å²) in [6, 6.07) is 6.42. The van der Waals surface area contributed by atoms with Crippen molar-refractivity contribution in [1.29, 1.82) is 0 Å². The molecule has 0 spiro atoms. The number of benzene rings is 1. The Morgan fingerprint density at radius 2 is 2.16 bits per heavy atom. The monoisotopic (exact) mass is 263 g/mol. The van der Waals surface area contributed by atoms with Crippen molar-refractivity contribution >= 4 is 0 Å². The topological polar surface area (TPSA) is 39.1 Å². The number of nitrogens with zero attached hydrogens (tertiary/aromatic N) is 2. The van der Waals surface area contributed by atoms with E-state index in [1.54, 1.807) is 18.2 Å². The number of rotatable bonds is 7. The first-order valence-electron chi connectivity index (χ1n) is 6.33. The molecule has 1 heterocycles. The maximum Gasteiger partial charge on any atom is 0.165 e. The number of hydrogen-bond donors (Lipinski definition) is 1. The van der Waals surface area contributed by atoms with Gasteiger partial charge in [-0.2, -0.15) is 5.10 Å². The Kier molecular flexibility index (Phi) is 4.92. The number of ether oxygens (including phenoxy) is 1. The van der Waals surface area contributed by atoms with Gasteiger partial charge in [-0.3, -0.25) is 4.68 Å². The molecule has 102 valence electrons. The lowest BCUT2D eigenvalue weighted by Gasteiger charge is -2.08. The van der Waals surface area contributed by atoms with Crippen LogP contribution in [0.1, 0.15) is 5.56 Å². The highest BCUT2D eigenvalue weighted by Gasteiger charge is 2.00. The number of halogens is 1. The van der Waals surface area contributed by atoms with Crippen LogP contribution in [0.4, 0.5) is 4.39 Å². The van der Waals surface area contributed by atoms with Gasteiger partial charge in [-0.15, -0.1) is 0 Å². The van der Waals surface area contributed by atoms with Crippen LogP contribution in [0.15, 0.2) is 36.7 Å². The van der Waals surface area contributed by atoms with E-state index in [0.717, 1.165) is 18.7 Å². The van der Waals surface area contributed by atoms with Gasteiger partial charge in [0.2, 0.25) is 0 Å². The lowest BCUT2D eigenvalue weighted by Crippen LogP contribution is -2.25. The van der Waals surface area contributed by atoms with Crippen LogP contribution >= 0.6 is 0 Å². The van der Waals surface area contributed by atoms with Gasteiger partial charge in [-0.1, -0.05) is 12.1 Å². The summed E-state index contributed by atoms with van der Waals surface area (Å²) < 4.78 is 20.5. The molecule has 1 N–H and O–H groups in total. The van der Waals surface area contributed by atoms with Crippen molar-refractivity contribution in [1.82, 2.24) is 15.1 Å². The fourth-order valence-corrected chi connectivity index (χ4v) is 1.70. The van der Waals surface area contributed by atoms with Crippen LogP contribution in [-0.2, 0) is 6.54 Å². The smallest absolute Gasteiger partial charge is 0.165 e. The molecule has 0 radical (unpaired) electrons. The third-order valence-corrected chi connectivity index (χ3v) is 2.65. The van der Waals surface area contributed by atoms with Crippen molar-refractivity contribution in [3.05, 3.63) is 48.0 Å². The zero-order valence-electron chi connectivity index (χ0n) is 11.0. The molecular weight excluding hydrogens is 245 g/mol. The first-order valence-corrected chi connectivity index (χ1v) is 6.33. The van der Waals surface area contributed by atoms with E-state index in [9.17, 15) is 4.39 Å². The molecule has 19 heavy (non-hydrogen) atoms. The van der Waals surface area contributed by atoms with Crippen LogP contribution in [0, 0.1) is 12.7 Å². The molecule has 0 saturated heterocycles. The van der Waals surface area contributed by atoms with E-state index in [0.29, 0.717) is 18.9 Å². The molecule has 0 aliphatic rings. The average Bonchev–Trinajstić information content (AvgIpc) is 2.81. The quantitative estimate of drug-likeness (QED) is 0.777. The molecule has 0 unspecified atom stereocenters. The first-order chi connectivity index (χ1) is 9.25. The predicted octanol–water partition coefficient (Wildman–Crippen LogP) is 2.00. The van der Waals surface area contributed by atoms with E-state index in [-0.39, 0.29) is 5.82 Å². The number of para-hydroxylation sites is 1. The van der Waals surface area contributed by atoms with Gasteiger partial charge in [0.05, 0.1) is 12.7 Å². The Bertz CT molecular complexity index is 513. The second kappa shape index (κ2) is 6.89. The van der Waals surface area contributed by atoms with Gasteiger partial charge >= 0.3 is 0 Å². The Balaban J connectivity index is 1.59. The van der Waals surface area contributed by atoms with Crippen LogP contribution in [0.3, 0.4) is 0 Å². The highest BCUT2D eigenvalue weighted by atomic mass is 19.1. The lowest BCUT2D eigenvalue weighted by molar-refractivity contribution is 0.297. The molecule has 0 atom stereocenters. The van der Waals surface area contributed by atoms with Gasteiger partial charge in [0, 0.05) is 19.3 Å². The van der Waals surface area contributed by atoms with Crippen molar-refractivity contribution in [3.8, 4) is 5.75 Å². The maximum atomic E-state index is 13.2. The number of aryl methyl sites for hydroxylation is 1. The lowest BCUT2D eigenvalue weighted by atomic mass is 10.3. The van der Waals surface area contributed by atoms with E-state index < -0.39 is 0 Å². The molecule has 4 nitrogen and oxygen atoms in total. The van der Waals surface area contributed by atoms with Crippen LogP contribution in [0.5, 0.6) is 5.75 Å². The van der Waals surface area contributed by atoms with Crippen LogP contribution in [0.25, 0.3) is 0 Å². The predicted molar refractivity (Wildman–Crippen MR) is 71.7 cm³/mol. The van der Waals surface area contributed by atoms with Crippen molar-refractivity contribution in [2.75, 3.05) is 19.7 Å². The largest absolute Gasteiger partial charge is 0.489 e. The second-order valence-electron chi connectivity index (χ2n) is 4.31. The summed E-state index contributed by atoms with van der Waals surface area (Å²) in [6.07, 6.45) is 3.83. The molecular formula is C14H18FN3O. The van der Waals surface area contributed by atoms with Gasteiger partial charge in [0.1, 0.15) is 6.61 Å². The summed E-state index contributed by atoms with van der Waals surface area (Å²) in [5.41, 5.74) is 1.16. The van der Waals surface area contributed by atoms with Crippen LogP contribution < -0.4 is 10.1 Å². The standard InChI is InChI=1S/C14H18FN3O/c1-12-10-17-18(11-12)8-6-16-7-9-19-14-5-3-2-4-13(14)15/h2-5,10-11,16H,6-9H2,1H3. The zero-order valence-corrected chi connectivity index (χ0v) is 11.0. The normalized spacial score (nSPS) is 10.6. The van der Waals surface area contributed by atoms with E-state index in [1.807, 2.05) is 24.0 Å². The molecule has 0 amide bonds. The van der Waals surface area contributed by atoms with Crippen LogP contribution in [0.2, 0.25) is 0 Å². The molecule has 2 aromatic rings. The fraction of sp³-hybridized carbons (Fsp3) is 0.357. The van der Waals surface area contributed by atoms with Crippen molar-refractivity contribution in [2.45, 2.75) is 13.5 Å².